The van der Waals surface area contributed by atoms with Gasteiger partial charge in [0.05, 0.1) is 6.54 Å². The van der Waals surface area contributed by atoms with Crippen molar-refractivity contribution in [2.24, 2.45) is 0 Å². The van der Waals surface area contributed by atoms with Crippen LogP contribution in [0, 0.1) is 0 Å². The Morgan fingerprint density at radius 3 is 2.90 bits per heavy atom. The van der Waals surface area contributed by atoms with Crippen molar-refractivity contribution in [3.8, 4) is 0 Å². The van der Waals surface area contributed by atoms with Crippen LogP contribution in [0.2, 0.25) is 0 Å². The van der Waals surface area contributed by atoms with Crippen LogP contribution in [0.5, 0.6) is 0 Å². The van der Waals surface area contributed by atoms with Crippen molar-refractivity contribution in [1.82, 2.24) is 15.5 Å². The molecule has 2 N–H and O–H groups in total. The highest BCUT2D eigenvalue weighted by Crippen LogP contribution is 2.18. The lowest BCUT2D eigenvalue weighted by molar-refractivity contribution is 0.251. The summed E-state index contributed by atoms with van der Waals surface area (Å²) in [6.45, 7) is 4.16. The molecular weight excluding hydrogens is 288 g/mol. The number of carbonyl (C=O) groups is 1. The number of amides is 2. The molecule has 2 rings (SSSR count). The van der Waals surface area contributed by atoms with Crippen LogP contribution in [0.25, 0.3) is 0 Å². The normalized spacial score (nSPS) is 10.7. The third-order valence-corrected chi connectivity index (χ3v) is 3.44. The zero-order valence-electron chi connectivity index (χ0n) is 12.2. The molecule has 0 fully saturated rings. The van der Waals surface area contributed by atoms with Gasteiger partial charge >= 0.3 is 6.03 Å². The van der Waals surface area contributed by atoms with Crippen molar-refractivity contribution in [3.63, 3.8) is 0 Å². The van der Waals surface area contributed by atoms with Crippen LogP contribution < -0.4 is 10.6 Å². The average Bonchev–Trinajstić information content (AvgIpc) is 2.94. The Morgan fingerprint density at radius 1 is 1.43 bits per heavy atom. The first kappa shape index (κ1) is 15.4. The van der Waals surface area contributed by atoms with Gasteiger partial charge in [-0.3, -0.25) is 0 Å². The molecule has 2 aromatic rings. The number of aromatic nitrogens is 2. The van der Waals surface area contributed by atoms with E-state index >= 15 is 0 Å². The van der Waals surface area contributed by atoms with Crippen molar-refractivity contribution in [1.29, 1.82) is 0 Å². The zero-order chi connectivity index (χ0) is 15.2. The van der Waals surface area contributed by atoms with E-state index in [9.17, 15) is 4.79 Å². The number of nitrogens with one attached hydrogen (secondary N) is 2. The molecule has 0 unspecified atom stereocenters. The number of carbonyl (C=O) groups excluding carboxylic acids is 1. The minimum Gasteiger partial charge on any atom is -0.339 e. The van der Waals surface area contributed by atoms with Gasteiger partial charge in [-0.2, -0.15) is 4.98 Å². The molecule has 21 heavy (non-hydrogen) atoms. The van der Waals surface area contributed by atoms with Gasteiger partial charge in [-0.15, -0.1) is 11.8 Å². The highest BCUT2D eigenvalue weighted by atomic mass is 32.2. The van der Waals surface area contributed by atoms with Crippen molar-refractivity contribution in [2.75, 3.05) is 11.6 Å². The maximum absolute atomic E-state index is 11.8. The van der Waals surface area contributed by atoms with E-state index < -0.39 is 0 Å². The van der Waals surface area contributed by atoms with Crippen LogP contribution in [-0.2, 0) is 6.54 Å². The number of urea groups is 1. The van der Waals surface area contributed by atoms with Gasteiger partial charge in [0.25, 0.3) is 0 Å². The van der Waals surface area contributed by atoms with Crippen LogP contribution in [0.15, 0.2) is 33.7 Å². The highest BCUT2D eigenvalue weighted by molar-refractivity contribution is 7.98. The maximum Gasteiger partial charge on any atom is 0.319 e. The summed E-state index contributed by atoms with van der Waals surface area (Å²) in [5.74, 6) is 1.21. The monoisotopic (exact) mass is 306 g/mol. The summed E-state index contributed by atoms with van der Waals surface area (Å²) < 4.78 is 5.07. The van der Waals surface area contributed by atoms with Gasteiger partial charge in [-0.1, -0.05) is 25.1 Å². The first-order chi connectivity index (χ1) is 10.1. The molecule has 1 heterocycles. The Hall–Kier alpha value is -2.02. The zero-order valence-corrected chi connectivity index (χ0v) is 13.0. The minimum atomic E-state index is -0.302. The summed E-state index contributed by atoms with van der Waals surface area (Å²) in [4.78, 5) is 17.1. The van der Waals surface area contributed by atoms with E-state index in [1.165, 1.54) is 0 Å². The second-order valence-corrected chi connectivity index (χ2v) is 5.62. The molecule has 0 spiro atoms. The number of hydrogen-bond acceptors (Lipinski definition) is 5. The fraction of sp³-hybridized carbons (Fsp3) is 0.357. The van der Waals surface area contributed by atoms with Gasteiger partial charge in [-0.25, -0.2) is 4.79 Å². The van der Waals surface area contributed by atoms with E-state index in [4.69, 9.17) is 4.52 Å². The standard InChI is InChI=1S/C14H18N4O2S/c1-9(2)13-17-12(18-20-13)8-15-14(19)16-10-5-4-6-11(7-10)21-3/h4-7,9H,8H2,1-3H3,(H2,15,16,19). The molecule has 6 nitrogen and oxygen atoms in total. The fourth-order valence-corrected chi connectivity index (χ4v) is 2.07. The van der Waals surface area contributed by atoms with E-state index in [2.05, 4.69) is 20.8 Å². The van der Waals surface area contributed by atoms with Crippen molar-refractivity contribution in [2.45, 2.75) is 31.2 Å². The van der Waals surface area contributed by atoms with Crippen molar-refractivity contribution < 1.29 is 9.32 Å². The molecule has 112 valence electrons. The molecule has 0 saturated heterocycles. The summed E-state index contributed by atoms with van der Waals surface area (Å²) in [5.41, 5.74) is 0.746. The summed E-state index contributed by atoms with van der Waals surface area (Å²) in [7, 11) is 0. The van der Waals surface area contributed by atoms with E-state index in [0.717, 1.165) is 10.6 Å². The van der Waals surface area contributed by atoms with Crippen LogP contribution in [0.1, 0.15) is 31.5 Å². The molecule has 2 amide bonds. The Kier molecular flexibility index (Phi) is 5.21. The summed E-state index contributed by atoms with van der Waals surface area (Å²) >= 11 is 1.62. The third kappa shape index (κ3) is 4.49. The summed E-state index contributed by atoms with van der Waals surface area (Å²) in [6.07, 6.45) is 1.99. The van der Waals surface area contributed by atoms with Crippen LogP contribution in [-0.4, -0.2) is 22.4 Å². The van der Waals surface area contributed by atoms with Crippen molar-refractivity contribution in [3.05, 3.63) is 36.0 Å². The van der Waals surface area contributed by atoms with Crippen LogP contribution in [0.4, 0.5) is 10.5 Å². The largest absolute Gasteiger partial charge is 0.339 e. The summed E-state index contributed by atoms with van der Waals surface area (Å²) in [5, 5.41) is 9.27. The second-order valence-electron chi connectivity index (χ2n) is 4.74. The predicted molar refractivity (Wildman–Crippen MR) is 82.5 cm³/mol. The topological polar surface area (TPSA) is 80.0 Å². The molecule has 0 bridgehead atoms. The highest BCUT2D eigenvalue weighted by Gasteiger charge is 2.10. The first-order valence-electron chi connectivity index (χ1n) is 6.60. The average molecular weight is 306 g/mol. The smallest absolute Gasteiger partial charge is 0.319 e. The number of benzene rings is 1. The Labute approximate surface area is 127 Å². The minimum absolute atomic E-state index is 0.175. The number of nitrogens with zero attached hydrogens (tertiary/aromatic N) is 2. The van der Waals surface area contributed by atoms with E-state index in [1.54, 1.807) is 11.8 Å². The molecule has 1 aromatic carbocycles. The Balaban J connectivity index is 1.86. The molecule has 1 aromatic heterocycles. The molecule has 7 heteroatoms. The number of hydrogen-bond donors (Lipinski definition) is 2. The quantitative estimate of drug-likeness (QED) is 0.829. The second kappa shape index (κ2) is 7.12. The molecule has 0 radical (unpaired) electrons. The SMILES string of the molecule is CSc1cccc(NC(=O)NCc2noc(C(C)C)n2)c1. The first-order valence-corrected chi connectivity index (χ1v) is 7.82. The lowest BCUT2D eigenvalue weighted by atomic mass is 10.2. The number of thioether (sulfide) groups is 1. The lowest BCUT2D eigenvalue weighted by Gasteiger charge is -2.07. The Bertz CT molecular complexity index is 613. The van der Waals surface area contributed by atoms with Gasteiger partial charge in [0, 0.05) is 16.5 Å². The predicted octanol–water partition coefficient (Wildman–Crippen LogP) is 3.24. The maximum atomic E-state index is 11.8. The Morgan fingerprint density at radius 2 is 2.24 bits per heavy atom. The molecule has 0 aliphatic heterocycles. The van der Waals surface area contributed by atoms with E-state index in [0.29, 0.717) is 11.7 Å². The summed E-state index contributed by atoms with van der Waals surface area (Å²) in [6, 6.07) is 7.33. The van der Waals surface area contributed by atoms with Crippen LogP contribution >= 0.6 is 11.8 Å². The van der Waals surface area contributed by atoms with Crippen molar-refractivity contribution >= 4 is 23.5 Å². The number of rotatable bonds is 5. The number of anilines is 1. The molecular formula is C14H18N4O2S. The molecule has 0 saturated carbocycles. The molecule has 0 atom stereocenters. The van der Waals surface area contributed by atoms with Gasteiger partial charge < -0.3 is 15.2 Å². The fourth-order valence-electron chi connectivity index (χ4n) is 1.61. The molecule has 0 aliphatic rings. The van der Waals surface area contributed by atoms with Gasteiger partial charge in [0.2, 0.25) is 5.89 Å². The van der Waals surface area contributed by atoms with E-state index in [-0.39, 0.29) is 18.5 Å². The van der Waals surface area contributed by atoms with Crippen LogP contribution in [0.3, 0.4) is 0 Å². The van der Waals surface area contributed by atoms with Gasteiger partial charge in [-0.05, 0) is 24.5 Å². The third-order valence-electron chi connectivity index (χ3n) is 2.71. The van der Waals surface area contributed by atoms with Gasteiger partial charge in [0.15, 0.2) is 5.82 Å². The lowest BCUT2D eigenvalue weighted by Crippen LogP contribution is -2.28. The molecule has 0 aliphatic carbocycles. The van der Waals surface area contributed by atoms with E-state index in [1.807, 2.05) is 44.4 Å². The van der Waals surface area contributed by atoms with Gasteiger partial charge in [0.1, 0.15) is 0 Å².